The van der Waals surface area contributed by atoms with Gasteiger partial charge in [-0.1, -0.05) is 46.9 Å². The lowest BCUT2D eigenvalue weighted by Crippen LogP contribution is -2.03. The van der Waals surface area contributed by atoms with Crippen molar-refractivity contribution in [3.63, 3.8) is 0 Å². The van der Waals surface area contributed by atoms with E-state index in [4.69, 9.17) is 44.3 Å². The van der Waals surface area contributed by atoms with Gasteiger partial charge in [-0.3, -0.25) is 0 Å². The number of ether oxygens (including phenoxy) is 2. The van der Waals surface area contributed by atoms with Crippen molar-refractivity contribution in [1.29, 1.82) is 0 Å². The van der Waals surface area contributed by atoms with Gasteiger partial charge < -0.3 is 14.8 Å². The van der Waals surface area contributed by atoms with Crippen LogP contribution in [0.2, 0.25) is 15.1 Å². The van der Waals surface area contributed by atoms with E-state index in [0.717, 1.165) is 26.1 Å². The lowest BCUT2D eigenvalue weighted by Gasteiger charge is -2.15. The van der Waals surface area contributed by atoms with Gasteiger partial charge in [0.15, 0.2) is 11.5 Å². The monoisotopic (exact) mass is 547 g/mol. The summed E-state index contributed by atoms with van der Waals surface area (Å²) in [5.41, 5.74) is 2.99. The summed E-state index contributed by atoms with van der Waals surface area (Å²) in [6.07, 6.45) is 0. The van der Waals surface area contributed by atoms with E-state index < -0.39 is 0 Å². The van der Waals surface area contributed by atoms with Gasteiger partial charge in [0.1, 0.15) is 6.61 Å². The molecular formula is C21H17Cl3INO2. The minimum absolute atomic E-state index is 0.435. The van der Waals surface area contributed by atoms with Crippen LogP contribution in [-0.4, -0.2) is 7.11 Å². The second kappa shape index (κ2) is 9.92. The fourth-order valence-electron chi connectivity index (χ4n) is 2.56. The first-order valence-corrected chi connectivity index (χ1v) is 10.6. The molecule has 0 aromatic heterocycles. The summed E-state index contributed by atoms with van der Waals surface area (Å²) < 4.78 is 12.5. The Labute approximate surface area is 193 Å². The molecule has 0 radical (unpaired) electrons. The highest BCUT2D eigenvalue weighted by atomic mass is 127. The van der Waals surface area contributed by atoms with Crippen LogP contribution in [0.4, 0.5) is 5.69 Å². The first kappa shape index (κ1) is 21.4. The summed E-state index contributed by atoms with van der Waals surface area (Å²) in [6, 6.07) is 17.1. The minimum atomic E-state index is 0.435. The number of rotatable bonds is 7. The highest BCUT2D eigenvalue weighted by Gasteiger charge is 2.12. The third-order valence-electron chi connectivity index (χ3n) is 4.00. The van der Waals surface area contributed by atoms with Gasteiger partial charge in [-0.25, -0.2) is 0 Å². The quantitative estimate of drug-likeness (QED) is 0.311. The molecule has 0 spiro atoms. The largest absolute Gasteiger partial charge is 0.493 e. The Morgan fingerprint density at radius 2 is 1.64 bits per heavy atom. The van der Waals surface area contributed by atoms with Crippen molar-refractivity contribution in [1.82, 2.24) is 0 Å². The highest BCUT2D eigenvalue weighted by Crippen LogP contribution is 2.35. The number of nitrogens with one attached hydrogen (secondary N) is 1. The molecule has 3 nitrogen and oxygen atoms in total. The number of anilines is 1. The van der Waals surface area contributed by atoms with E-state index >= 15 is 0 Å². The van der Waals surface area contributed by atoms with Gasteiger partial charge in [-0.2, -0.15) is 0 Å². The first-order valence-electron chi connectivity index (χ1n) is 8.39. The molecule has 0 aliphatic carbocycles. The molecule has 1 N–H and O–H groups in total. The Kier molecular flexibility index (Phi) is 7.57. The van der Waals surface area contributed by atoms with E-state index in [1.54, 1.807) is 19.2 Å². The van der Waals surface area contributed by atoms with Crippen LogP contribution in [0, 0.1) is 3.57 Å². The van der Waals surface area contributed by atoms with Crippen LogP contribution in [0.3, 0.4) is 0 Å². The van der Waals surface area contributed by atoms with Crippen LogP contribution in [0.5, 0.6) is 11.5 Å². The molecule has 0 aliphatic rings. The zero-order valence-electron chi connectivity index (χ0n) is 14.9. The Hall–Kier alpha value is -1.34. The molecule has 0 heterocycles. The summed E-state index contributed by atoms with van der Waals surface area (Å²) in [6.45, 7) is 1.05. The number of hydrogen-bond donors (Lipinski definition) is 1. The van der Waals surface area contributed by atoms with Gasteiger partial charge in [-0.05, 0) is 76.2 Å². The van der Waals surface area contributed by atoms with Crippen molar-refractivity contribution in [2.24, 2.45) is 0 Å². The van der Waals surface area contributed by atoms with Crippen molar-refractivity contribution in [3.05, 3.63) is 84.4 Å². The molecule has 0 saturated heterocycles. The zero-order chi connectivity index (χ0) is 20.1. The van der Waals surface area contributed by atoms with Gasteiger partial charge in [0.25, 0.3) is 0 Å². The topological polar surface area (TPSA) is 30.5 Å². The second-order valence-corrected chi connectivity index (χ2v) is 8.42. The van der Waals surface area contributed by atoms with Crippen molar-refractivity contribution in [2.75, 3.05) is 12.4 Å². The third kappa shape index (κ3) is 5.60. The summed E-state index contributed by atoms with van der Waals surface area (Å²) >= 11 is 20.2. The van der Waals surface area contributed by atoms with Crippen molar-refractivity contribution >= 4 is 63.1 Å². The van der Waals surface area contributed by atoms with Crippen LogP contribution in [0.1, 0.15) is 11.1 Å². The Morgan fingerprint density at radius 3 is 2.32 bits per heavy atom. The molecule has 0 aliphatic heterocycles. The maximum absolute atomic E-state index is 6.07. The van der Waals surface area contributed by atoms with Gasteiger partial charge in [0.05, 0.1) is 20.7 Å². The second-order valence-electron chi connectivity index (χ2n) is 6.01. The maximum Gasteiger partial charge on any atom is 0.174 e. The van der Waals surface area contributed by atoms with Crippen molar-refractivity contribution in [2.45, 2.75) is 13.2 Å². The molecule has 0 amide bonds. The summed E-state index contributed by atoms with van der Waals surface area (Å²) in [5, 5.41) is 5.09. The number of benzene rings is 3. The summed E-state index contributed by atoms with van der Waals surface area (Å²) in [5.74, 6) is 1.41. The average molecular weight is 549 g/mol. The fraction of sp³-hybridized carbons (Fsp3) is 0.143. The SMILES string of the molecule is COc1cc(CNc2ccc(Cl)c(Cl)c2)cc(I)c1OCc1ccc(Cl)cc1. The van der Waals surface area contributed by atoms with Gasteiger partial charge >= 0.3 is 0 Å². The van der Waals surface area contributed by atoms with Crippen LogP contribution in [0.15, 0.2) is 54.6 Å². The molecule has 3 aromatic rings. The predicted molar refractivity (Wildman–Crippen MR) is 125 cm³/mol. The van der Waals surface area contributed by atoms with Crippen LogP contribution < -0.4 is 14.8 Å². The molecular weight excluding hydrogens is 531 g/mol. The molecule has 0 bridgehead atoms. The molecule has 0 fully saturated rings. The van der Waals surface area contributed by atoms with E-state index in [1.807, 2.05) is 36.4 Å². The summed E-state index contributed by atoms with van der Waals surface area (Å²) in [7, 11) is 1.64. The van der Waals surface area contributed by atoms with Gasteiger partial charge in [-0.15, -0.1) is 0 Å². The van der Waals surface area contributed by atoms with Crippen LogP contribution in [-0.2, 0) is 13.2 Å². The number of methoxy groups -OCH3 is 1. The predicted octanol–water partition coefficient (Wildman–Crippen LogP) is 7.45. The Balaban J connectivity index is 1.71. The zero-order valence-corrected chi connectivity index (χ0v) is 19.4. The van der Waals surface area contributed by atoms with Crippen molar-refractivity contribution in [3.8, 4) is 11.5 Å². The Morgan fingerprint density at radius 1 is 0.893 bits per heavy atom. The first-order chi connectivity index (χ1) is 13.5. The molecule has 3 aromatic carbocycles. The Bertz CT molecular complexity index is 965. The molecule has 28 heavy (non-hydrogen) atoms. The van der Waals surface area contributed by atoms with E-state index in [2.05, 4.69) is 34.0 Å². The van der Waals surface area contributed by atoms with E-state index in [1.165, 1.54) is 0 Å². The standard InChI is InChI=1S/C21H17Cl3INO2/c1-27-20-9-14(11-26-16-6-7-17(23)18(24)10-16)8-19(25)21(20)28-12-13-2-4-15(22)5-3-13/h2-10,26H,11-12H2,1H3. The molecule has 7 heteroatoms. The number of hydrogen-bond acceptors (Lipinski definition) is 3. The van der Waals surface area contributed by atoms with Gasteiger partial charge in [0, 0.05) is 17.3 Å². The van der Waals surface area contributed by atoms with E-state index in [0.29, 0.717) is 34.0 Å². The normalized spacial score (nSPS) is 10.6. The molecule has 0 saturated carbocycles. The van der Waals surface area contributed by atoms with Crippen LogP contribution >= 0.6 is 57.4 Å². The minimum Gasteiger partial charge on any atom is -0.493 e. The van der Waals surface area contributed by atoms with Crippen molar-refractivity contribution < 1.29 is 9.47 Å². The molecule has 0 atom stereocenters. The van der Waals surface area contributed by atoms with Gasteiger partial charge in [0.2, 0.25) is 0 Å². The smallest absolute Gasteiger partial charge is 0.174 e. The fourth-order valence-corrected chi connectivity index (χ4v) is 3.81. The summed E-state index contributed by atoms with van der Waals surface area (Å²) in [4.78, 5) is 0. The molecule has 3 rings (SSSR count). The molecule has 146 valence electrons. The average Bonchev–Trinajstić information content (AvgIpc) is 2.69. The lowest BCUT2D eigenvalue weighted by molar-refractivity contribution is 0.282. The van der Waals surface area contributed by atoms with Crippen LogP contribution in [0.25, 0.3) is 0 Å². The molecule has 0 unspecified atom stereocenters. The maximum atomic E-state index is 6.07. The van der Waals surface area contributed by atoms with E-state index in [9.17, 15) is 0 Å². The number of halogens is 4. The lowest BCUT2D eigenvalue weighted by atomic mass is 10.2. The van der Waals surface area contributed by atoms with E-state index in [-0.39, 0.29) is 0 Å². The highest BCUT2D eigenvalue weighted by molar-refractivity contribution is 14.1. The third-order valence-corrected chi connectivity index (χ3v) is 5.79.